The fourth-order valence-electron chi connectivity index (χ4n) is 18.5. The standard InChI is InChI=1S/C96H102N8O6/c1-23-59-51(13)89-83(90-52(14)60(24-2)76(102-90)44-72-48(10)64(28-6)94(98-72)87(85-79(107-19)38-57(105-17)39-80(85)108-20)93-63(27-5)47(9)71(97-93)43-75(59)101-89)67-35-31-33-55-37-56-34-32-36-68(70(56)42-69(55)67)84-91-53(15)61(25-3)77(103-91)45-73-49(11)65(29-7)95(99-73)88(86-81(109-21)40-58(106-18)41-82(86)110-22)96-66(30-8)50(12)74(100-96)46-78-62(26-4)54(16)92(84)104-78/h31-46,97,99,102,104H,23-30H2,1-22H3. The predicted octanol–water partition coefficient (Wildman–Crippen LogP) is 24.8. The van der Waals surface area contributed by atoms with E-state index in [-0.39, 0.29) is 0 Å². The van der Waals surface area contributed by atoms with Crippen molar-refractivity contribution in [2.24, 2.45) is 0 Å². The first-order chi connectivity index (χ1) is 53.2. The van der Waals surface area contributed by atoms with Gasteiger partial charge in [-0.2, -0.15) is 0 Å². The lowest BCUT2D eigenvalue weighted by atomic mass is 9.88. The van der Waals surface area contributed by atoms with Crippen molar-refractivity contribution < 1.29 is 28.4 Å². The number of allylic oxidation sites excluding steroid dienone is 8. The minimum absolute atomic E-state index is 0.623. The molecule has 4 aliphatic heterocycles. The lowest BCUT2D eigenvalue weighted by Crippen LogP contribution is -1.99. The number of aromatic amines is 4. The van der Waals surface area contributed by atoms with Crippen molar-refractivity contribution in [2.75, 3.05) is 42.7 Å². The summed E-state index contributed by atoms with van der Waals surface area (Å²) in [5.41, 5.74) is 41.5. The Bertz CT molecular complexity index is 5830. The van der Waals surface area contributed by atoms with Gasteiger partial charge >= 0.3 is 0 Å². The van der Waals surface area contributed by atoms with Crippen LogP contribution in [0.2, 0.25) is 0 Å². The minimum Gasteiger partial charge on any atom is -0.496 e. The van der Waals surface area contributed by atoms with Crippen molar-refractivity contribution >= 4 is 110 Å². The number of hydrogen-bond acceptors (Lipinski definition) is 10. The van der Waals surface area contributed by atoms with Gasteiger partial charge in [0.1, 0.15) is 34.5 Å². The number of H-pyrrole nitrogens is 4. The van der Waals surface area contributed by atoms with E-state index in [9.17, 15) is 0 Å². The number of nitrogens with one attached hydrogen (secondary N) is 4. The average molecular weight is 1460 g/mol. The fourth-order valence-corrected chi connectivity index (χ4v) is 18.5. The molecule has 4 aliphatic rings. The third-order valence-corrected chi connectivity index (χ3v) is 24.3. The predicted molar refractivity (Wildman–Crippen MR) is 459 cm³/mol. The molecule has 5 aromatic carbocycles. The smallest absolute Gasteiger partial charge is 0.134 e. The zero-order chi connectivity index (χ0) is 77.7. The Kier molecular flexibility index (Phi) is 19.7. The molecule has 0 fully saturated rings. The number of aryl methyl sites for hydroxylation is 8. The summed E-state index contributed by atoms with van der Waals surface area (Å²) in [7, 11) is 10.2. The lowest BCUT2D eigenvalue weighted by molar-refractivity contribution is 0.377. The average Bonchev–Trinajstić information content (AvgIpc) is 1.54. The lowest BCUT2D eigenvalue weighted by Gasteiger charge is -2.18. The SMILES string of the molecule is CCC1=C(C)c2nc1cc1[nH]c(c(CC)c1C)c(-c1c(OC)cc(OC)cc1OC)c1nc(cc3[nH]c(c(C)c3CC)c2-c2cccc3cc4cccc(-c5c6nc(cc7[nH]c(c(CC)c7C)c(-c7c(OC)cc(OC)cc7OC)c7nc(cc8[nH]c5c(C)c8CC)C(C)=C7CC)C(CC)=C6C)c4cc23)C(C)=C1CC. The summed E-state index contributed by atoms with van der Waals surface area (Å²) in [5.74, 6) is 3.76. The molecule has 0 aliphatic carbocycles. The van der Waals surface area contributed by atoms with Gasteiger partial charge in [-0.15, -0.1) is 0 Å². The number of hydrogen-bond donors (Lipinski definition) is 4. The fraction of sp³-hybridized carbons (Fsp3) is 0.312. The number of benzene rings is 5. The van der Waals surface area contributed by atoms with Crippen molar-refractivity contribution in [1.29, 1.82) is 0 Å². The normalized spacial score (nSPS) is 13.1. The van der Waals surface area contributed by atoms with Crippen LogP contribution in [-0.4, -0.2) is 82.5 Å². The van der Waals surface area contributed by atoms with E-state index >= 15 is 0 Å². The highest BCUT2D eigenvalue weighted by Gasteiger charge is 2.33. The Hall–Kier alpha value is -11.4. The third-order valence-electron chi connectivity index (χ3n) is 24.3. The summed E-state index contributed by atoms with van der Waals surface area (Å²) < 4.78 is 37.0. The van der Waals surface area contributed by atoms with E-state index in [0.717, 1.165) is 252 Å². The van der Waals surface area contributed by atoms with Gasteiger partial charge in [0.2, 0.25) is 0 Å². The van der Waals surface area contributed by atoms with Crippen molar-refractivity contribution in [2.45, 2.75) is 162 Å². The number of methoxy groups -OCH3 is 6. The summed E-state index contributed by atoms with van der Waals surface area (Å²) in [4.78, 5) is 40.0. The van der Waals surface area contributed by atoms with Crippen LogP contribution < -0.4 is 28.4 Å². The number of aromatic nitrogens is 8. The topological polar surface area (TPSA) is 170 Å². The maximum absolute atomic E-state index is 6.33. The Balaban J connectivity index is 1.06. The molecule has 14 heteroatoms. The maximum atomic E-state index is 6.33. The van der Waals surface area contributed by atoms with Gasteiger partial charge in [-0.25, -0.2) is 19.9 Å². The van der Waals surface area contributed by atoms with Gasteiger partial charge in [-0.3, -0.25) is 0 Å². The van der Waals surface area contributed by atoms with Crippen molar-refractivity contribution in [1.82, 2.24) is 39.9 Å². The van der Waals surface area contributed by atoms with E-state index in [2.05, 4.69) is 204 Å². The van der Waals surface area contributed by atoms with Gasteiger partial charge in [0, 0.05) is 68.6 Å². The molecule has 4 N–H and O–H groups in total. The van der Waals surface area contributed by atoms with E-state index in [0.29, 0.717) is 34.5 Å². The molecule has 0 radical (unpaired) electrons. The number of rotatable bonds is 18. The van der Waals surface area contributed by atoms with Gasteiger partial charge in [-0.05, 0) is 265 Å². The molecule has 10 heterocycles. The first kappa shape index (κ1) is 74.1. The van der Waals surface area contributed by atoms with E-state index in [4.69, 9.17) is 48.4 Å². The molecule has 0 atom stereocenters. The first-order valence-corrected chi connectivity index (χ1v) is 39.2. The molecule has 0 saturated heterocycles. The van der Waals surface area contributed by atoms with Crippen molar-refractivity contribution in [3.8, 4) is 79.0 Å². The highest BCUT2D eigenvalue weighted by Crippen LogP contribution is 2.54. The van der Waals surface area contributed by atoms with Crippen LogP contribution in [0.5, 0.6) is 34.5 Å². The van der Waals surface area contributed by atoms with Crippen LogP contribution in [0.15, 0.2) is 97.1 Å². The highest BCUT2D eigenvalue weighted by atomic mass is 16.5. The number of nitrogens with zero attached hydrogens (tertiary/aromatic N) is 4. The Morgan fingerprint density at radius 3 is 0.945 bits per heavy atom. The molecule has 0 spiro atoms. The second kappa shape index (κ2) is 29.2. The molecule has 16 bridgehead atoms. The molecule has 6 aromatic heterocycles. The first-order valence-electron chi connectivity index (χ1n) is 39.2. The molecule has 14 nitrogen and oxygen atoms in total. The summed E-state index contributed by atoms with van der Waals surface area (Å²) >= 11 is 0. The van der Waals surface area contributed by atoms with Crippen LogP contribution in [-0.2, 0) is 25.7 Å². The Labute approximate surface area is 645 Å². The maximum Gasteiger partial charge on any atom is 0.134 e. The van der Waals surface area contributed by atoms with Gasteiger partial charge in [0.25, 0.3) is 0 Å². The van der Waals surface area contributed by atoms with E-state index < -0.39 is 0 Å². The van der Waals surface area contributed by atoms with Crippen molar-refractivity contribution in [3.05, 3.63) is 187 Å². The Morgan fingerprint density at radius 2 is 0.618 bits per heavy atom. The summed E-state index contributed by atoms with van der Waals surface area (Å²) in [5, 5.41) is 4.46. The van der Waals surface area contributed by atoms with E-state index in [1.54, 1.807) is 42.7 Å². The highest BCUT2D eigenvalue weighted by molar-refractivity contribution is 6.16. The van der Waals surface area contributed by atoms with E-state index in [1.807, 2.05) is 24.3 Å². The number of fused-ring (bicyclic) bond motifs is 18. The monoisotopic (exact) mass is 1460 g/mol. The molecule has 110 heavy (non-hydrogen) atoms. The minimum atomic E-state index is 0.623. The van der Waals surface area contributed by atoms with Crippen LogP contribution in [0, 0.1) is 27.7 Å². The Morgan fingerprint density at radius 1 is 0.282 bits per heavy atom. The zero-order valence-electron chi connectivity index (χ0n) is 68.1. The molecule has 15 rings (SSSR count). The van der Waals surface area contributed by atoms with Crippen LogP contribution in [0.25, 0.3) is 155 Å². The molecule has 0 unspecified atom stereocenters. The number of ether oxygens (including phenoxy) is 6. The van der Waals surface area contributed by atoms with Crippen LogP contribution in [0.4, 0.5) is 0 Å². The van der Waals surface area contributed by atoms with Crippen molar-refractivity contribution in [3.63, 3.8) is 0 Å². The second-order valence-corrected chi connectivity index (χ2v) is 29.5. The summed E-state index contributed by atoms with van der Waals surface area (Å²) in [6.45, 7) is 36.0. The van der Waals surface area contributed by atoms with Gasteiger partial charge < -0.3 is 48.4 Å². The third kappa shape index (κ3) is 11.5. The van der Waals surface area contributed by atoms with Crippen LogP contribution in [0.1, 0.15) is 199 Å². The second-order valence-electron chi connectivity index (χ2n) is 29.5. The quantitative estimate of drug-likeness (QED) is 0.0607. The van der Waals surface area contributed by atoms with Gasteiger partial charge in [-0.1, -0.05) is 91.8 Å². The molecule has 562 valence electrons. The van der Waals surface area contributed by atoms with Crippen LogP contribution >= 0.6 is 0 Å². The zero-order valence-corrected chi connectivity index (χ0v) is 68.1. The molecule has 0 amide bonds. The summed E-state index contributed by atoms with van der Waals surface area (Å²) in [6, 6.07) is 35.4. The van der Waals surface area contributed by atoms with Gasteiger partial charge in [0.15, 0.2) is 0 Å². The molecule has 11 aromatic rings. The summed E-state index contributed by atoms with van der Waals surface area (Å²) in [6.07, 6.45) is 6.08. The van der Waals surface area contributed by atoms with Crippen LogP contribution in [0.3, 0.4) is 0 Å². The van der Waals surface area contributed by atoms with E-state index in [1.165, 1.54) is 44.5 Å². The largest absolute Gasteiger partial charge is 0.496 e. The van der Waals surface area contributed by atoms with Gasteiger partial charge in [0.05, 0.1) is 121 Å². The molecular weight excluding hydrogens is 1360 g/mol. The molecule has 0 saturated carbocycles. The molecular formula is C96H102N8O6.